The van der Waals surface area contributed by atoms with Crippen molar-refractivity contribution < 1.29 is 4.74 Å². The molecule has 0 unspecified atom stereocenters. The zero-order chi connectivity index (χ0) is 13.8. The van der Waals surface area contributed by atoms with Crippen molar-refractivity contribution in [3.8, 4) is 17.1 Å². The van der Waals surface area contributed by atoms with Gasteiger partial charge >= 0.3 is 0 Å². The number of aryl methyl sites for hydroxylation is 1. The van der Waals surface area contributed by atoms with Crippen LogP contribution in [0.1, 0.15) is 18.5 Å². The van der Waals surface area contributed by atoms with Crippen LogP contribution in [0, 0.1) is 6.92 Å². The molecule has 0 aliphatic carbocycles. The molecule has 0 radical (unpaired) electrons. The third-order valence-electron chi connectivity index (χ3n) is 3.40. The summed E-state index contributed by atoms with van der Waals surface area (Å²) in [6.45, 7) is 3.95. The van der Waals surface area contributed by atoms with Crippen LogP contribution < -0.4 is 10.1 Å². The molecule has 2 aromatic rings. The maximum atomic E-state index is 6.05. The minimum Gasteiger partial charge on any atom is -0.473 e. The standard InChI is InChI=1S/C15H18N4O.ClH/c1-11-10-12(2-7-17-11)14-15(19-9-8-18-14)20-13-3-5-16-6-4-13;/h2,7-10,13,16H,3-6H2,1H3;1H. The molecule has 3 heterocycles. The summed E-state index contributed by atoms with van der Waals surface area (Å²) in [5, 5.41) is 3.33. The van der Waals surface area contributed by atoms with Gasteiger partial charge in [-0.2, -0.15) is 0 Å². The Morgan fingerprint density at radius 1 is 1.10 bits per heavy atom. The summed E-state index contributed by atoms with van der Waals surface area (Å²) >= 11 is 0. The van der Waals surface area contributed by atoms with Crippen LogP contribution in [0.5, 0.6) is 5.88 Å². The summed E-state index contributed by atoms with van der Waals surface area (Å²) in [5.41, 5.74) is 2.74. The number of halogens is 1. The fraction of sp³-hybridized carbons (Fsp3) is 0.400. The van der Waals surface area contributed by atoms with Gasteiger partial charge in [0.05, 0.1) is 0 Å². The number of aromatic nitrogens is 3. The molecule has 0 atom stereocenters. The van der Waals surface area contributed by atoms with Crippen molar-refractivity contribution in [3.63, 3.8) is 0 Å². The zero-order valence-electron chi connectivity index (χ0n) is 12.0. The fourth-order valence-corrected chi connectivity index (χ4v) is 2.37. The Hall–Kier alpha value is -1.72. The predicted molar refractivity (Wildman–Crippen MR) is 83.8 cm³/mol. The Labute approximate surface area is 130 Å². The number of nitrogens with zero attached hydrogens (tertiary/aromatic N) is 3. The van der Waals surface area contributed by atoms with Gasteiger partial charge in [0.25, 0.3) is 0 Å². The average Bonchev–Trinajstić information content (AvgIpc) is 2.49. The van der Waals surface area contributed by atoms with Gasteiger partial charge in [-0.25, -0.2) is 9.97 Å². The van der Waals surface area contributed by atoms with Crippen LogP contribution in [0.15, 0.2) is 30.7 Å². The summed E-state index contributed by atoms with van der Waals surface area (Å²) in [7, 11) is 0. The van der Waals surface area contributed by atoms with E-state index < -0.39 is 0 Å². The summed E-state index contributed by atoms with van der Waals surface area (Å²) in [6, 6.07) is 3.94. The Morgan fingerprint density at radius 2 is 1.86 bits per heavy atom. The lowest BCUT2D eigenvalue weighted by Gasteiger charge is -2.23. The van der Waals surface area contributed by atoms with E-state index in [2.05, 4.69) is 20.3 Å². The van der Waals surface area contributed by atoms with Gasteiger partial charge in [-0.05, 0) is 45.0 Å². The second-order valence-corrected chi connectivity index (χ2v) is 4.96. The number of rotatable bonds is 3. The normalized spacial score (nSPS) is 15.3. The highest BCUT2D eigenvalue weighted by Crippen LogP contribution is 2.27. The maximum Gasteiger partial charge on any atom is 0.240 e. The largest absolute Gasteiger partial charge is 0.473 e. The van der Waals surface area contributed by atoms with Gasteiger partial charge in [0.1, 0.15) is 11.8 Å². The first-order chi connectivity index (χ1) is 9.83. The Bertz CT molecular complexity index is 587. The number of ether oxygens (including phenoxy) is 1. The van der Waals surface area contributed by atoms with Crippen LogP contribution in [-0.2, 0) is 0 Å². The van der Waals surface area contributed by atoms with E-state index in [1.165, 1.54) is 0 Å². The maximum absolute atomic E-state index is 6.05. The van der Waals surface area contributed by atoms with E-state index in [9.17, 15) is 0 Å². The average molecular weight is 307 g/mol. The van der Waals surface area contributed by atoms with Gasteiger partial charge in [-0.15, -0.1) is 12.4 Å². The Kier molecular flexibility index (Phi) is 5.47. The van der Waals surface area contributed by atoms with E-state index in [0.717, 1.165) is 42.9 Å². The zero-order valence-corrected chi connectivity index (χ0v) is 12.8. The van der Waals surface area contributed by atoms with Gasteiger partial charge in [0.2, 0.25) is 5.88 Å². The number of nitrogens with one attached hydrogen (secondary N) is 1. The molecule has 0 amide bonds. The van der Waals surface area contributed by atoms with Gasteiger partial charge in [-0.3, -0.25) is 4.98 Å². The second-order valence-electron chi connectivity index (χ2n) is 4.96. The predicted octanol–water partition coefficient (Wildman–Crippen LogP) is 2.40. The van der Waals surface area contributed by atoms with E-state index in [4.69, 9.17) is 4.74 Å². The molecule has 0 bridgehead atoms. The smallest absolute Gasteiger partial charge is 0.240 e. The lowest BCUT2D eigenvalue weighted by molar-refractivity contribution is 0.156. The molecular weight excluding hydrogens is 288 g/mol. The van der Waals surface area contributed by atoms with E-state index in [0.29, 0.717) is 5.88 Å². The monoisotopic (exact) mass is 306 g/mol. The highest BCUT2D eigenvalue weighted by Gasteiger charge is 2.18. The van der Waals surface area contributed by atoms with Gasteiger partial charge in [-0.1, -0.05) is 0 Å². The molecule has 1 aliphatic rings. The summed E-state index contributed by atoms with van der Waals surface area (Å²) < 4.78 is 6.05. The number of pyridine rings is 1. The van der Waals surface area contributed by atoms with E-state index >= 15 is 0 Å². The van der Waals surface area contributed by atoms with Crippen LogP contribution >= 0.6 is 12.4 Å². The summed E-state index contributed by atoms with van der Waals surface area (Å²) in [4.78, 5) is 13.0. The Balaban J connectivity index is 0.00000161. The van der Waals surface area contributed by atoms with Crippen LogP contribution in [0.2, 0.25) is 0 Å². The van der Waals surface area contributed by atoms with E-state index in [1.54, 1.807) is 18.6 Å². The molecule has 0 saturated carbocycles. The van der Waals surface area contributed by atoms with Gasteiger partial charge in [0.15, 0.2) is 0 Å². The minimum atomic E-state index is 0. The fourth-order valence-electron chi connectivity index (χ4n) is 2.37. The van der Waals surface area contributed by atoms with Crippen molar-refractivity contribution in [1.82, 2.24) is 20.3 Å². The van der Waals surface area contributed by atoms with Crippen molar-refractivity contribution in [2.45, 2.75) is 25.9 Å². The van der Waals surface area contributed by atoms with E-state index in [-0.39, 0.29) is 18.5 Å². The van der Waals surface area contributed by atoms with Crippen LogP contribution in [0.25, 0.3) is 11.3 Å². The highest BCUT2D eigenvalue weighted by atomic mass is 35.5. The third kappa shape index (κ3) is 3.89. The van der Waals surface area contributed by atoms with E-state index in [1.807, 2.05) is 19.1 Å². The van der Waals surface area contributed by atoms with Crippen molar-refractivity contribution >= 4 is 12.4 Å². The van der Waals surface area contributed by atoms with Crippen molar-refractivity contribution in [2.75, 3.05) is 13.1 Å². The molecule has 21 heavy (non-hydrogen) atoms. The third-order valence-corrected chi connectivity index (χ3v) is 3.40. The molecule has 1 saturated heterocycles. The molecule has 0 spiro atoms. The molecular formula is C15H19ClN4O. The summed E-state index contributed by atoms with van der Waals surface area (Å²) in [5.74, 6) is 0.616. The topological polar surface area (TPSA) is 59.9 Å². The number of hydrogen-bond donors (Lipinski definition) is 1. The van der Waals surface area contributed by atoms with Gasteiger partial charge < -0.3 is 10.1 Å². The summed E-state index contributed by atoms with van der Waals surface area (Å²) in [6.07, 6.45) is 7.38. The minimum absolute atomic E-state index is 0. The van der Waals surface area contributed by atoms with Crippen molar-refractivity contribution in [3.05, 3.63) is 36.4 Å². The first-order valence-corrected chi connectivity index (χ1v) is 6.94. The second kappa shape index (κ2) is 7.33. The van der Waals surface area contributed by atoms with Crippen molar-refractivity contribution in [1.29, 1.82) is 0 Å². The molecule has 0 aromatic carbocycles. The van der Waals surface area contributed by atoms with Crippen LogP contribution in [0.3, 0.4) is 0 Å². The molecule has 5 nitrogen and oxygen atoms in total. The molecule has 1 fully saturated rings. The number of piperidine rings is 1. The lowest BCUT2D eigenvalue weighted by Crippen LogP contribution is -2.34. The SMILES string of the molecule is Cc1cc(-c2nccnc2OC2CCNCC2)ccn1.Cl. The quantitative estimate of drug-likeness (QED) is 0.943. The highest BCUT2D eigenvalue weighted by molar-refractivity contribution is 5.85. The van der Waals surface area contributed by atoms with Crippen LogP contribution in [0.4, 0.5) is 0 Å². The molecule has 1 N–H and O–H groups in total. The van der Waals surface area contributed by atoms with Crippen LogP contribution in [-0.4, -0.2) is 34.1 Å². The number of hydrogen-bond acceptors (Lipinski definition) is 5. The van der Waals surface area contributed by atoms with Crippen molar-refractivity contribution in [2.24, 2.45) is 0 Å². The molecule has 3 rings (SSSR count). The molecule has 6 heteroatoms. The molecule has 2 aromatic heterocycles. The molecule has 1 aliphatic heterocycles. The first-order valence-electron chi connectivity index (χ1n) is 6.94. The lowest BCUT2D eigenvalue weighted by atomic mass is 10.1. The molecule has 112 valence electrons. The van der Waals surface area contributed by atoms with Gasteiger partial charge in [0, 0.05) is 29.8 Å². The first kappa shape index (κ1) is 15.7. The Morgan fingerprint density at radius 3 is 2.62 bits per heavy atom.